The minimum Gasteiger partial charge on any atom is -0.466 e. The van der Waals surface area contributed by atoms with E-state index in [1.165, 1.54) is 0 Å². The Labute approximate surface area is 119 Å². The predicted molar refractivity (Wildman–Crippen MR) is 74.5 cm³/mol. The highest BCUT2D eigenvalue weighted by Crippen LogP contribution is 2.24. The molecule has 5 nitrogen and oxygen atoms in total. The first-order chi connectivity index (χ1) is 9.24. The van der Waals surface area contributed by atoms with Crippen LogP contribution in [0, 0.1) is 12.8 Å². The summed E-state index contributed by atoms with van der Waals surface area (Å²) in [6.45, 7) is 8.21. The molecule has 2 rings (SSSR count). The molecule has 1 aromatic heterocycles. The monoisotopic (exact) mass is 281 g/mol. The molecule has 0 radical (unpaired) electrons. The number of carbonyl (C=O) groups excluding carboxylic acids is 1. The Morgan fingerprint density at radius 3 is 2.70 bits per heavy atom. The summed E-state index contributed by atoms with van der Waals surface area (Å²) in [6, 6.07) is 3.82. The van der Waals surface area contributed by atoms with Crippen molar-refractivity contribution in [2.75, 3.05) is 13.1 Å². The summed E-state index contributed by atoms with van der Waals surface area (Å²) in [4.78, 5) is 13.5. The van der Waals surface area contributed by atoms with E-state index in [4.69, 9.17) is 9.15 Å². The summed E-state index contributed by atoms with van der Waals surface area (Å²) >= 11 is 0. The highest BCUT2D eigenvalue weighted by molar-refractivity contribution is 5.68. The van der Waals surface area contributed by atoms with Crippen LogP contribution >= 0.6 is 0 Å². The molecular formula is C15H23NO4. The molecule has 2 atom stereocenters. The lowest BCUT2D eigenvalue weighted by Crippen LogP contribution is -2.35. The van der Waals surface area contributed by atoms with Crippen LogP contribution in [0.2, 0.25) is 0 Å². The van der Waals surface area contributed by atoms with Crippen molar-refractivity contribution in [2.45, 2.75) is 45.8 Å². The third-order valence-corrected chi connectivity index (χ3v) is 3.32. The maximum absolute atomic E-state index is 12.0. The quantitative estimate of drug-likeness (QED) is 0.904. The summed E-state index contributed by atoms with van der Waals surface area (Å²) in [5, 5.41) is 10.1. The van der Waals surface area contributed by atoms with E-state index in [1.807, 2.05) is 39.8 Å². The molecule has 0 spiro atoms. The second kappa shape index (κ2) is 5.48. The van der Waals surface area contributed by atoms with Gasteiger partial charge >= 0.3 is 6.09 Å². The van der Waals surface area contributed by atoms with Gasteiger partial charge in [0, 0.05) is 18.9 Å². The van der Waals surface area contributed by atoms with Crippen LogP contribution in [0.5, 0.6) is 0 Å². The van der Waals surface area contributed by atoms with Crippen LogP contribution in [0.3, 0.4) is 0 Å². The number of nitrogens with zero attached hydrogens (tertiary/aromatic N) is 1. The molecule has 1 aliphatic heterocycles. The lowest BCUT2D eigenvalue weighted by Gasteiger charge is -2.24. The lowest BCUT2D eigenvalue weighted by molar-refractivity contribution is 0.0269. The van der Waals surface area contributed by atoms with E-state index in [9.17, 15) is 9.90 Å². The molecule has 0 aromatic carbocycles. The molecule has 112 valence electrons. The molecule has 2 heterocycles. The zero-order valence-electron chi connectivity index (χ0n) is 12.5. The fourth-order valence-corrected chi connectivity index (χ4v) is 2.38. The number of hydrogen-bond acceptors (Lipinski definition) is 4. The second-order valence-corrected chi connectivity index (χ2v) is 6.43. The first-order valence-electron chi connectivity index (χ1n) is 6.96. The van der Waals surface area contributed by atoms with Crippen LogP contribution in [-0.2, 0) is 11.2 Å². The fraction of sp³-hybridized carbons (Fsp3) is 0.667. The summed E-state index contributed by atoms with van der Waals surface area (Å²) in [5.41, 5.74) is -0.516. The van der Waals surface area contributed by atoms with Gasteiger partial charge in [0.1, 0.15) is 17.1 Å². The predicted octanol–water partition coefficient (Wildman–Crippen LogP) is 2.36. The highest BCUT2D eigenvalue weighted by atomic mass is 16.6. The Kier molecular flexibility index (Phi) is 4.09. The van der Waals surface area contributed by atoms with E-state index in [0.717, 1.165) is 11.5 Å². The minimum absolute atomic E-state index is 0.00642. The van der Waals surface area contributed by atoms with Crippen molar-refractivity contribution < 1.29 is 19.1 Å². The summed E-state index contributed by atoms with van der Waals surface area (Å²) in [5.74, 6) is 1.70. The molecule has 1 fully saturated rings. The number of aliphatic hydroxyl groups excluding tert-OH is 1. The van der Waals surface area contributed by atoms with Crippen molar-refractivity contribution >= 4 is 6.09 Å². The number of ether oxygens (including phenoxy) is 1. The van der Waals surface area contributed by atoms with Crippen molar-refractivity contribution in [1.82, 2.24) is 4.90 Å². The van der Waals surface area contributed by atoms with Gasteiger partial charge in [-0.05, 0) is 39.8 Å². The molecule has 0 aliphatic carbocycles. The van der Waals surface area contributed by atoms with Crippen molar-refractivity contribution in [1.29, 1.82) is 0 Å². The number of aryl methyl sites for hydroxylation is 1. The maximum Gasteiger partial charge on any atom is 0.410 e. The van der Waals surface area contributed by atoms with E-state index in [-0.39, 0.29) is 12.0 Å². The molecule has 1 amide bonds. The van der Waals surface area contributed by atoms with E-state index in [2.05, 4.69) is 0 Å². The van der Waals surface area contributed by atoms with Crippen LogP contribution in [0.25, 0.3) is 0 Å². The molecule has 5 heteroatoms. The molecule has 1 N–H and O–H groups in total. The Hall–Kier alpha value is -1.49. The van der Waals surface area contributed by atoms with Gasteiger partial charge in [-0.25, -0.2) is 4.79 Å². The van der Waals surface area contributed by atoms with Crippen molar-refractivity contribution in [3.63, 3.8) is 0 Å². The number of carbonyl (C=O) groups is 1. The van der Waals surface area contributed by atoms with Gasteiger partial charge in [0.05, 0.1) is 12.6 Å². The van der Waals surface area contributed by atoms with Crippen LogP contribution in [0.4, 0.5) is 4.79 Å². The summed E-state index contributed by atoms with van der Waals surface area (Å²) in [7, 11) is 0. The Bertz CT molecular complexity index is 474. The number of β-amino-alcohol motifs (C(OH)–C–C–N with tert-alkyl or cyclic N) is 1. The molecule has 0 bridgehead atoms. The van der Waals surface area contributed by atoms with Crippen LogP contribution in [0.1, 0.15) is 32.3 Å². The van der Waals surface area contributed by atoms with E-state index in [1.54, 1.807) is 4.90 Å². The third-order valence-electron chi connectivity index (χ3n) is 3.32. The first-order valence-corrected chi connectivity index (χ1v) is 6.96. The topological polar surface area (TPSA) is 62.9 Å². The molecule has 20 heavy (non-hydrogen) atoms. The van der Waals surface area contributed by atoms with Crippen molar-refractivity contribution in [3.05, 3.63) is 23.7 Å². The first kappa shape index (κ1) is 14.9. The Balaban J connectivity index is 1.93. The van der Waals surface area contributed by atoms with Gasteiger partial charge in [0.2, 0.25) is 0 Å². The summed E-state index contributed by atoms with van der Waals surface area (Å²) in [6.07, 6.45) is -0.267. The Morgan fingerprint density at radius 2 is 2.15 bits per heavy atom. The maximum atomic E-state index is 12.0. The normalized spacial score (nSPS) is 23.1. The molecule has 1 aromatic rings. The molecule has 1 saturated heterocycles. The second-order valence-electron chi connectivity index (χ2n) is 6.43. The minimum atomic E-state index is -0.534. The average molecular weight is 281 g/mol. The zero-order chi connectivity index (χ0) is 14.9. The van der Waals surface area contributed by atoms with Crippen LogP contribution < -0.4 is 0 Å². The third kappa shape index (κ3) is 3.76. The molecule has 1 aliphatic rings. The van der Waals surface area contributed by atoms with Gasteiger partial charge in [0.25, 0.3) is 0 Å². The van der Waals surface area contributed by atoms with Gasteiger partial charge < -0.3 is 19.2 Å². The van der Waals surface area contributed by atoms with Gasteiger partial charge in [-0.15, -0.1) is 0 Å². The SMILES string of the molecule is Cc1ccc(C[C@@H]2CN(C(=O)OC(C)(C)C)C[C@H]2O)o1. The molecule has 0 saturated carbocycles. The number of aliphatic hydroxyl groups is 1. The fourth-order valence-electron chi connectivity index (χ4n) is 2.38. The molecule has 0 unspecified atom stereocenters. The van der Waals surface area contributed by atoms with Crippen molar-refractivity contribution in [2.24, 2.45) is 5.92 Å². The Morgan fingerprint density at radius 1 is 1.45 bits per heavy atom. The van der Waals surface area contributed by atoms with Gasteiger partial charge in [-0.3, -0.25) is 0 Å². The standard InChI is InChI=1S/C15H23NO4/c1-10-5-6-12(19-10)7-11-8-16(9-13(11)17)14(18)20-15(2,3)4/h5-6,11,13,17H,7-9H2,1-4H3/t11-,13-/m1/s1. The average Bonchev–Trinajstić information content (AvgIpc) is 2.85. The van der Waals surface area contributed by atoms with Gasteiger partial charge in [0.15, 0.2) is 0 Å². The van der Waals surface area contributed by atoms with E-state index in [0.29, 0.717) is 19.5 Å². The number of furan rings is 1. The van der Waals surface area contributed by atoms with E-state index >= 15 is 0 Å². The summed E-state index contributed by atoms with van der Waals surface area (Å²) < 4.78 is 10.8. The molecular weight excluding hydrogens is 258 g/mol. The van der Waals surface area contributed by atoms with Crippen LogP contribution in [0.15, 0.2) is 16.5 Å². The van der Waals surface area contributed by atoms with E-state index < -0.39 is 11.7 Å². The van der Waals surface area contributed by atoms with Crippen LogP contribution in [-0.4, -0.2) is 40.9 Å². The highest BCUT2D eigenvalue weighted by Gasteiger charge is 2.36. The lowest BCUT2D eigenvalue weighted by atomic mass is 10.0. The number of rotatable bonds is 2. The van der Waals surface area contributed by atoms with Crippen molar-refractivity contribution in [3.8, 4) is 0 Å². The smallest absolute Gasteiger partial charge is 0.410 e. The number of likely N-dealkylation sites (tertiary alicyclic amines) is 1. The number of hydrogen-bond donors (Lipinski definition) is 1. The number of amides is 1. The van der Waals surface area contributed by atoms with Gasteiger partial charge in [-0.2, -0.15) is 0 Å². The van der Waals surface area contributed by atoms with Gasteiger partial charge in [-0.1, -0.05) is 0 Å². The zero-order valence-corrected chi connectivity index (χ0v) is 12.5. The largest absolute Gasteiger partial charge is 0.466 e.